The van der Waals surface area contributed by atoms with E-state index in [1.165, 1.54) is 11.8 Å². The van der Waals surface area contributed by atoms with Crippen molar-refractivity contribution in [3.63, 3.8) is 0 Å². The number of piperazine rings is 1. The maximum atomic E-state index is 13.5. The third-order valence-electron chi connectivity index (χ3n) is 7.77. The SMILES string of the molecule is CCCn1c(N2CCN(C)CC2)c(/C=C2/SC(=S)N(CCCCCCCCCCC(=O)O)C2=O)c(C)c(C#N)c1=O. The summed E-state index contributed by atoms with van der Waals surface area (Å²) >= 11 is 6.88. The zero-order valence-corrected chi connectivity index (χ0v) is 26.2. The molecule has 0 aliphatic carbocycles. The molecule has 2 fully saturated rings. The molecule has 0 unspecified atom stereocenters. The monoisotopic (exact) mass is 601 g/mol. The van der Waals surface area contributed by atoms with E-state index >= 15 is 0 Å². The van der Waals surface area contributed by atoms with Gasteiger partial charge in [-0.15, -0.1) is 0 Å². The Bertz CT molecular complexity index is 1240. The van der Waals surface area contributed by atoms with Gasteiger partial charge in [0.1, 0.15) is 21.8 Å². The number of aromatic nitrogens is 1. The number of unbranched alkanes of at least 4 members (excludes halogenated alkanes) is 7. The maximum Gasteiger partial charge on any atom is 0.303 e. The molecule has 2 aliphatic heterocycles. The Morgan fingerprint density at radius 2 is 1.63 bits per heavy atom. The summed E-state index contributed by atoms with van der Waals surface area (Å²) in [5.41, 5.74) is 1.21. The smallest absolute Gasteiger partial charge is 0.303 e. The summed E-state index contributed by atoms with van der Waals surface area (Å²) < 4.78 is 2.26. The number of rotatable bonds is 15. The molecule has 3 rings (SSSR count). The number of nitrogens with zero attached hydrogens (tertiary/aromatic N) is 5. The van der Waals surface area contributed by atoms with Crippen LogP contribution < -0.4 is 10.5 Å². The van der Waals surface area contributed by atoms with Crippen molar-refractivity contribution in [1.29, 1.82) is 5.26 Å². The molecular formula is C30H43N5O4S2. The molecule has 0 spiro atoms. The number of amides is 1. The van der Waals surface area contributed by atoms with Gasteiger partial charge in [0.05, 0.1) is 4.91 Å². The van der Waals surface area contributed by atoms with E-state index in [2.05, 4.69) is 22.9 Å². The summed E-state index contributed by atoms with van der Waals surface area (Å²) in [6.45, 7) is 8.14. The zero-order valence-electron chi connectivity index (χ0n) is 24.6. The molecule has 0 aromatic carbocycles. The van der Waals surface area contributed by atoms with Crippen LogP contribution in [0.1, 0.15) is 87.8 Å². The van der Waals surface area contributed by atoms with E-state index in [0.29, 0.717) is 27.9 Å². The standard InChI is InChI=1S/C30H43N5O4S2/c1-4-14-34-27(33-18-16-32(3)17-19-33)23(22(2)24(21-31)28(34)38)20-25-29(39)35(30(40)41-25)15-12-10-8-6-5-7-9-11-13-26(36)37/h20H,4-19H2,1-3H3,(H,36,37)/b25-20+. The van der Waals surface area contributed by atoms with E-state index in [-0.39, 0.29) is 23.5 Å². The number of carboxylic acids is 1. The lowest BCUT2D eigenvalue weighted by Crippen LogP contribution is -2.47. The van der Waals surface area contributed by atoms with E-state index in [9.17, 15) is 19.6 Å². The van der Waals surface area contributed by atoms with Crippen LogP contribution in [0.2, 0.25) is 0 Å². The molecule has 224 valence electrons. The fourth-order valence-corrected chi connectivity index (χ4v) is 6.66. The van der Waals surface area contributed by atoms with Gasteiger partial charge in [-0.25, -0.2) is 0 Å². The van der Waals surface area contributed by atoms with Crippen LogP contribution in [0.4, 0.5) is 5.82 Å². The van der Waals surface area contributed by atoms with Crippen molar-refractivity contribution in [3.8, 4) is 6.07 Å². The number of nitriles is 1. The van der Waals surface area contributed by atoms with Gasteiger partial charge in [0, 0.05) is 51.3 Å². The van der Waals surface area contributed by atoms with E-state index in [1.54, 1.807) is 16.4 Å². The number of likely N-dealkylation sites (N-methyl/N-ethyl adjacent to an activating group) is 1. The molecule has 9 nitrogen and oxygen atoms in total. The lowest BCUT2D eigenvalue weighted by atomic mass is 10.0. The van der Waals surface area contributed by atoms with Gasteiger partial charge in [-0.2, -0.15) is 5.26 Å². The van der Waals surface area contributed by atoms with Crippen molar-refractivity contribution in [2.45, 2.75) is 84.6 Å². The molecule has 0 bridgehead atoms. The van der Waals surface area contributed by atoms with Crippen LogP contribution in [0.15, 0.2) is 9.70 Å². The number of hydrogen-bond acceptors (Lipinski definition) is 8. The first kappa shape index (κ1) is 32.8. The maximum absolute atomic E-state index is 13.5. The fraction of sp³-hybridized carbons (Fsp3) is 0.633. The summed E-state index contributed by atoms with van der Waals surface area (Å²) in [5.74, 6) is -0.0582. The molecule has 41 heavy (non-hydrogen) atoms. The Morgan fingerprint density at radius 1 is 1.02 bits per heavy atom. The highest BCUT2D eigenvalue weighted by molar-refractivity contribution is 8.26. The Morgan fingerprint density at radius 3 is 2.22 bits per heavy atom. The molecular weight excluding hydrogens is 558 g/mol. The van der Waals surface area contributed by atoms with Crippen LogP contribution in [0.3, 0.4) is 0 Å². The molecule has 0 saturated carbocycles. The Labute approximate surface area is 253 Å². The second-order valence-corrected chi connectivity index (χ2v) is 12.6. The van der Waals surface area contributed by atoms with Crippen molar-refractivity contribution in [2.24, 2.45) is 0 Å². The average Bonchev–Trinajstić information content (AvgIpc) is 3.20. The first-order valence-corrected chi connectivity index (χ1v) is 16.0. The molecule has 1 N–H and O–H groups in total. The number of hydrogen-bond donors (Lipinski definition) is 1. The number of carbonyl (C=O) groups excluding carboxylic acids is 1. The lowest BCUT2D eigenvalue weighted by Gasteiger charge is -2.36. The van der Waals surface area contributed by atoms with Crippen molar-refractivity contribution < 1.29 is 14.7 Å². The highest BCUT2D eigenvalue weighted by Gasteiger charge is 2.33. The number of carbonyl (C=O) groups is 2. The second kappa shape index (κ2) is 16.1. The molecule has 1 amide bonds. The van der Waals surface area contributed by atoms with Gasteiger partial charge in [0.2, 0.25) is 0 Å². The molecule has 0 atom stereocenters. The molecule has 1 aromatic rings. The van der Waals surface area contributed by atoms with Gasteiger partial charge in [-0.1, -0.05) is 69.4 Å². The number of aliphatic carboxylic acids is 1. The van der Waals surface area contributed by atoms with Gasteiger partial charge in [0.25, 0.3) is 11.5 Å². The summed E-state index contributed by atoms with van der Waals surface area (Å²) in [4.78, 5) is 44.1. The highest BCUT2D eigenvalue weighted by Crippen LogP contribution is 2.36. The van der Waals surface area contributed by atoms with Gasteiger partial charge in [-0.05, 0) is 44.9 Å². The van der Waals surface area contributed by atoms with Gasteiger partial charge >= 0.3 is 5.97 Å². The van der Waals surface area contributed by atoms with E-state index in [0.717, 1.165) is 95.3 Å². The largest absolute Gasteiger partial charge is 0.481 e. The molecule has 11 heteroatoms. The first-order valence-electron chi connectivity index (χ1n) is 14.8. The highest BCUT2D eigenvalue weighted by atomic mass is 32.2. The third kappa shape index (κ3) is 8.66. The molecule has 0 radical (unpaired) electrons. The summed E-state index contributed by atoms with van der Waals surface area (Å²) in [5, 5.41) is 18.6. The molecule has 1 aromatic heterocycles. The van der Waals surface area contributed by atoms with Crippen LogP contribution in [-0.2, 0) is 16.1 Å². The minimum Gasteiger partial charge on any atom is -0.481 e. The van der Waals surface area contributed by atoms with Crippen molar-refractivity contribution in [1.82, 2.24) is 14.4 Å². The van der Waals surface area contributed by atoms with Crippen LogP contribution in [-0.4, -0.2) is 75.4 Å². The third-order valence-corrected chi connectivity index (χ3v) is 9.15. The normalized spacial score (nSPS) is 17.1. The van der Waals surface area contributed by atoms with E-state index < -0.39 is 5.97 Å². The van der Waals surface area contributed by atoms with Crippen molar-refractivity contribution in [3.05, 3.63) is 31.9 Å². The molecule has 2 saturated heterocycles. The number of thioether (sulfide) groups is 1. The first-order chi connectivity index (χ1) is 19.7. The number of thiocarbonyl (C=S) groups is 1. The number of carboxylic acid groups (broad SMARTS) is 1. The van der Waals surface area contributed by atoms with Crippen molar-refractivity contribution in [2.75, 3.05) is 44.7 Å². The summed E-state index contributed by atoms with van der Waals surface area (Å²) in [6, 6.07) is 2.12. The molecule has 2 aliphatic rings. The number of pyridine rings is 1. The zero-order chi connectivity index (χ0) is 29.9. The van der Waals surface area contributed by atoms with E-state index in [4.69, 9.17) is 17.3 Å². The van der Waals surface area contributed by atoms with E-state index in [1.807, 2.05) is 13.0 Å². The Hall–Kier alpha value is -2.68. The lowest BCUT2D eigenvalue weighted by molar-refractivity contribution is -0.137. The van der Waals surface area contributed by atoms with Crippen LogP contribution in [0, 0.1) is 18.3 Å². The predicted molar refractivity (Wildman–Crippen MR) is 169 cm³/mol. The second-order valence-electron chi connectivity index (χ2n) is 10.9. The predicted octanol–water partition coefficient (Wildman–Crippen LogP) is 4.99. The Balaban J connectivity index is 1.72. The minimum absolute atomic E-state index is 0.117. The van der Waals surface area contributed by atoms with Gasteiger partial charge < -0.3 is 14.9 Å². The average molecular weight is 602 g/mol. The fourth-order valence-electron chi connectivity index (χ4n) is 5.36. The topological polar surface area (TPSA) is 110 Å². The quantitative estimate of drug-likeness (QED) is 0.169. The van der Waals surface area contributed by atoms with Gasteiger partial charge in [-0.3, -0.25) is 23.9 Å². The Kier molecular flexibility index (Phi) is 12.9. The van der Waals surface area contributed by atoms with Crippen molar-refractivity contribution >= 4 is 52.1 Å². The van der Waals surface area contributed by atoms with Crippen LogP contribution in [0.25, 0.3) is 6.08 Å². The van der Waals surface area contributed by atoms with Crippen LogP contribution in [0.5, 0.6) is 0 Å². The van der Waals surface area contributed by atoms with Crippen LogP contribution >= 0.6 is 24.0 Å². The summed E-state index contributed by atoms with van der Waals surface area (Å²) in [7, 11) is 2.08. The summed E-state index contributed by atoms with van der Waals surface area (Å²) in [6.07, 6.45) is 10.8. The number of anilines is 1. The minimum atomic E-state index is -0.728. The molecule has 3 heterocycles. The van der Waals surface area contributed by atoms with Gasteiger partial charge in [0.15, 0.2) is 0 Å².